The lowest BCUT2D eigenvalue weighted by Crippen LogP contribution is -2.24. The van der Waals surface area contributed by atoms with E-state index in [2.05, 4.69) is 19.2 Å². The smallest absolute Gasteiger partial charge is 0.145 e. The highest BCUT2D eigenvalue weighted by atomic mass is 35.5. The molecule has 0 fully saturated rings. The van der Waals surface area contributed by atoms with Gasteiger partial charge in [0.25, 0.3) is 0 Å². The van der Waals surface area contributed by atoms with E-state index in [0.717, 1.165) is 13.1 Å². The summed E-state index contributed by atoms with van der Waals surface area (Å²) in [6.45, 7) is 6.51. The summed E-state index contributed by atoms with van der Waals surface area (Å²) in [5, 5.41) is 3.35. The summed E-state index contributed by atoms with van der Waals surface area (Å²) < 4.78 is 18.4. The lowest BCUT2D eigenvalue weighted by Gasteiger charge is -2.09. The highest BCUT2D eigenvalue weighted by Crippen LogP contribution is 2.20. The molecule has 2 nitrogen and oxygen atoms in total. The molecular weight excluding hydrogens is 229 g/mol. The molecule has 0 unspecified atom stereocenters. The summed E-state index contributed by atoms with van der Waals surface area (Å²) in [6, 6.07) is 4.45. The van der Waals surface area contributed by atoms with Crippen molar-refractivity contribution in [1.29, 1.82) is 0 Å². The van der Waals surface area contributed by atoms with E-state index in [9.17, 15) is 4.39 Å². The fourth-order valence-corrected chi connectivity index (χ4v) is 1.32. The largest absolute Gasteiger partial charge is 0.492 e. The number of hydrogen-bond acceptors (Lipinski definition) is 2. The van der Waals surface area contributed by atoms with E-state index in [1.807, 2.05) is 0 Å². The second-order valence-corrected chi connectivity index (χ2v) is 4.43. The zero-order valence-corrected chi connectivity index (χ0v) is 10.4. The topological polar surface area (TPSA) is 21.3 Å². The van der Waals surface area contributed by atoms with Crippen LogP contribution in [-0.4, -0.2) is 19.7 Å². The average Bonchev–Trinajstić information content (AvgIpc) is 2.22. The molecular formula is C12H17ClFNO. The van der Waals surface area contributed by atoms with Crippen molar-refractivity contribution in [3.05, 3.63) is 29.0 Å². The molecule has 1 aromatic rings. The molecule has 0 aliphatic heterocycles. The van der Waals surface area contributed by atoms with Gasteiger partial charge in [0.05, 0.1) is 5.02 Å². The van der Waals surface area contributed by atoms with Crippen LogP contribution in [0, 0.1) is 11.7 Å². The number of rotatable bonds is 6. The first kappa shape index (κ1) is 13.3. The van der Waals surface area contributed by atoms with Crippen molar-refractivity contribution in [2.24, 2.45) is 5.92 Å². The number of hydrogen-bond donors (Lipinski definition) is 1. The van der Waals surface area contributed by atoms with Crippen LogP contribution in [0.4, 0.5) is 4.39 Å². The SMILES string of the molecule is CC(C)CNCCOc1ccc(Cl)c(F)c1. The van der Waals surface area contributed by atoms with Crippen molar-refractivity contribution in [1.82, 2.24) is 5.32 Å². The number of benzene rings is 1. The predicted octanol–water partition coefficient (Wildman–Crippen LogP) is 3.10. The van der Waals surface area contributed by atoms with Gasteiger partial charge in [0.2, 0.25) is 0 Å². The molecule has 1 aromatic carbocycles. The van der Waals surface area contributed by atoms with E-state index in [-0.39, 0.29) is 5.02 Å². The van der Waals surface area contributed by atoms with Gasteiger partial charge in [0.15, 0.2) is 0 Å². The minimum absolute atomic E-state index is 0.116. The highest BCUT2D eigenvalue weighted by Gasteiger charge is 2.01. The van der Waals surface area contributed by atoms with Gasteiger partial charge in [-0.25, -0.2) is 4.39 Å². The first-order valence-electron chi connectivity index (χ1n) is 5.38. The molecule has 0 aliphatic rings. The summed E-state index contributed by atoms with van der Waals surface area (Å²) >= 11 is 5.56. The van der Waals surface area contributed by atoms with Gasteiger partial charge in [0.1, 0.15) is 18.2 Å². The van der Waals surface area contributed by atoms with E-state index in [0.29, 0.717) is 18.3 Å². The maximum absolute atomic E-state index is 13.0. The second-order valence-electron chi connectivity index (χ2n) is 4.02. The van der Waals surface area contributed by atoms with E-state index in [4.69, 9.17) is 16.3 Å². The van der Waals surface area contributed by atoms with Crippen molar-refractivity contribution in [3.63, 3.8) is 0 Å². The molecule has 0 atom stereocenters. The fourth-order valence-electron chi connectivity index (χ4n) is 1.20. The van der Waals surface area contributed by atoms with Crippen molar-refractivity contribution in [3.8, 4) is 5.75 Å². The molecule has 0 bridgehead atoms. The Morgan fingerprint density at radius 3 is 2.81 bits per heavy atom. The summed E-state index contributed by atoms with van der Waals surface area (Å²) in [7, 11) is 0. The first-order chi connectivity index (χ1) is 7.59. The van der Waals surface area contributed by atoms with Crippen LogP contribution < -0.4 is 10.1 Å². The Morgan fingerprint density at radius 1 is 1.44 bits per heavy atom. The molecule has 0 saturated heterocycles. The molecule has 4 heteroatoms. The summed E-state index contributed by atoms with van der Waals surface area (Å²) in [4.78, 5) is 0. The lowest BCUT2D eigenvalue weighted by molar-refractivity contribution is 0.309. The van der Waals surface area contributed by atoms with Crippen molar-refractivity contribution in [2.75, 3.05) is 19.7 Å². The van der Waals surface area contributed by atoms with E-state index >= 15 is 0 Å². The van der Waals surface area contributed by atoms with Gasteiger partial charge in [-0.3, -0.25) is 0 Å². The van der Waals surface area contributed by atoms with Crippen molar-refractivity contribution < 1.29 is 9.13 Å². The van der Waals surface area contributed by atoms with Gasteiger partial charge in [-0.1, -0.05) is 25.4 Å². The van der Waals surface area contributed by atoms with Crippen LogP contribution in [0.5, 0.6) is 5.75 Å². The van der Waals surface area contributed by atoms with Gasteiger partial charge in [0, 0.05) is 12.6 Å². The monoisotopic (exact) mass is 245 g/mol. The zero-order valence-electron chi connectivity index (χ0n) is 9.59. The van der Waals surface area contributed by atoms with Gasteiger partial charge >= 0.3 is 0 Å². The Balaban J connectivity index is 2.24. The molecule has 0 radical (unpaired) electrons. The van der Waals surface area contributed by atoms with Crippen LogP contribution in [0.15, 0.2) is 18.2 Å². The van der Waals surface area contributed by atoms with Crippen molar-refractivity contribution >= 4 is 11.6 Å². The normalized spacial score (nSPS) is 10.8. The summed E-state index contributed by atoms with van der Waals surface area (Å²) in [5.74, 6) is 0.676. The van der Waals surface area contributed by atoms with Gasteiger partial charge < -0.3 is 10.1 Å². The summed E-state index contributed by atoms with van der Waals surface area (Å²) in [6.07, 6.45) is 0. The van der Waals surface area contributed by atoms with Gasteiger partial charge in [-0.2, -0.15) is 0 Å². The van der Waals surface area contributed by atoms with Crippen molar-refractivity contribution in [2.45, 2.75) is 13.8 Å². The van der Waals surface area contributed by atoms with Crippen LogP contribution in [-0.2, 0) is 0 Å². The average molecular weight is 246 g/mol. The molecule has 0 saturated carbocycles. The quantitative estimate of drug-likeness (QED) is 0.778. The number of nitrogens with one attached hydrogen (secondary N) is 1. The molecule has 0 amide bonds. The second kappa shape index (κ2) is 6.71. The number of halogens is 2. The van der Waals surface area contributed by atoms with Crippen LogP contribution in [0.25, 0.3) is 0 Å². The molecule has 16 heavy (non-hydrogen) atoms. The minimum atomic E-state index is -0.450. The molecule has 1 rings (SSSR count). The fraction of sp³-hybridized carbons (Fsp3) is 0.500. The zero-order chi connectivity index (χ0) is 12.0. The lowest BCUT2D eigenvalue weighted by atomic mass is 10.2. The standard InChI is InChI=1S/C12H17ClFNO/c1-9(2)8-15-5-6-16-10-3-4-11(13)12(14)7-10/h3-4,7,9,15H,5-6,8H2,1-2H3. The third-order valence-electron chi connectivity index (χ3n) is 1.99. The summed E-state index contributed by atoms with van der Waals surface area (Å²) in [5.41, 5.74) is 0. The van der Waals surface area contributed by atoms with E-state index in [1.54, 1.807) is 6.07 Å². The third kappa shape index (κ3) is 4.81. The Hall–Kier alpha value is -0.800. The van der Waals surface area contributed by atoms with Gasteiger partial charge in [-0.15, -0.1) is 0 Å². The highest BCUT2D eigenvalue weighted by molar-refractivity contribution is 6.30. The molecule has 0 aromatic heterocycles. The first-order valence-corrected chi connectivity index (χ1v) is 5.76. The van der Waals surface area contributed by atoms with Crippen LogP contribution in [0.3, 0.4) is 0 Å². The molecule has 0 aliphatic carbocycles. The van der Waals surface area contributed by atoms with Crippen LogP contribution in [0.2, 0.25) is 5.02 Å². The third-order valence-corrected chi connectivity index (χ3v) is 2.30. The molecule has 90 valence electrons. The Kier molecular flexibility index (Phi) is 5.56. The number of ether oxygens (including phenoxy) is 1. The van der Waals surface area contributed by atoms with Gasteiger partial charge in [-0.05, 0) is 24.6 Å². The van der Waals surface area contributed by atoms with E-state index < -0.39 is 5.82 Å². The molecule has 0 spiro atoms. The van der Waals surface area contributed by atoms with E-state index in [1.165, 1.54) is 12.1 Å². The maximum atomic E-state index is 13.0. The minimum Gasteiger partial charge on any atom is -0.492 e. The molecule has 0 heterocycles. The Morgan fingerprint density at radius 2 is 2.19 bits per heavy atom. The van der Waals surface area contributed by atoms with Crippen LogP contribution in [0.1, 0.15) is 13.8 Å². The predicted molar refractivity (Wildman–Crippen MR) is 64.6 cm³/mol. The Labute approximate surface area is 101 Å². The van der Waals surface area contributed by atoms with Crippen LogP contribution >= 0.6 is 11.6 Å². The molecule has 1 N–H and O–H groups in total. The Bertz CT molecular complexity index is 331. The maximum Gasteiger partial charge on any atom is 0.145 e.